The Morgan fingerprint density at radius 2 is 1.96 bits per heavy atom. The third-order valence-corrected chi connectivity index (χ3v) is 4.93. The molecule has 1 heterocycles. The summed E-state index contributed by atoms with van der Waals surface area (Å²) in [5.41, 5.74) is 4.73. The van der Waals surface area contributed by atoms with Gasteiger partial charge in [0.2, 0.25) is 0 Å². The standard InChI is InChI=1S/C22H23N3O2/c1-24(14-17-13-23-25(15-17)20-8-3-2-4-9-20)22(26)16-27-21-11-10-18-6-5-7-19(18)12-21/h2-4,8-13,15H,5-7,14,16H2,1H3. The first-order chi connectivity index (χ1) is 13.2. The van der Waals surface area contributed by atoms with Crippen LogP contribution in [0.25, 0.3) is 5.69 Å². The molecule has 0 unspecified atom stereocenters. The van der Waals surface area contributed by atoms with Crippen molar-refractivity contribution in [3.05, 3.63) is 77.6 Å². The Kier molecular flexibility index (Phi) is 4.92. The molecular formula is C22H23N3O2. The van der Waals surface area contributed by atoms with E-state index in [4.69, 9.17) is 4.74 Å². The molecule has 5 heteroatoms. The van der Waals surface area contributed by atoms with Gasteiger partial charge in [-0.2, -0.15) is 5.10 Å². The number of hydrogen-bond donors (Lipinski definition) is 0. The van der Waals surface area contributed by atoms with Gasteiger partial charge in [-0.05, 0) is 54.7 Å². The summed E-state index contributed by atoms with van der Waals surface area (Å²) in [6.45, 7) is 0.543. The maximum atomic E-state index is 12.4. The molecule has 0 saturated carbocycles. The molecule has 1 aliphatic carbocycles. The Balaban J connectivity index is 1.32. The quantitative estimate of drug-likeness (QED) is 0.676. The normalized spacial score (nSPS) is 12.6. The first-order valence-corrected chi connectivity index (χ1v) is 9.26. The van der Waals surface area contributed by atoms with E-state index in [1.54, 1.807) is 18.1 Å². The number of rotatable bonds is 6. The van der Waals surface area contributed by atoms with E-state index in [1.165, 1.54) is 17.5 Å². The number of fused-ring (bicyclic) bond motifs is 1. The van der Waals surface area contributed by atoms with Gasteiger partial charge in [0.1, 0.15) is 5.75 Å². The lowest BCUT2D eigenvalue weighted by molar-refractivity contribution is -0.132. The number of para-hydroxylation sites is 1. The van der Waals surface area contributed by atoms with Crippen molar-refractivity contribution >= 4 is 5.91 Å². The topological polar surface area (TPSA) is 47.4 Å². The van der Waals surface area contributed by atoms with Crippen molar-refractivity contribution in [3.8, 4) is 11.4 Å². The van der Waals surface area contributed by atoms with Gasteiger partial charge in [0.25, 0.3) is 5.91 Å². The second-order valence-corrected chi connectivity index (χ2v) is 6.95. The van der Waals surface area contributed by atoms with Crippen LogP contribution in [0.1, 0.15) is 23.1 Å². The summed E-state index contributed by atoms with van der Waals surface area (Å²) >= 11 is 0. The van der Waals surface area contributed by atoms with Gasteiger partial charge in [0.15, 0.2) is 6.61 Å². The van der Waals surface area contributed by atoms with E-state index in [-0.39, 0.29) is 12.5 Å². The molecule has 1 aliphatic rings. The predicted octanol–water partition coefficient (Wildman–Crippen LogP) is 3.40. The van der Waals surface area contributed by atoms with Crippen LogP contribution in [0.4, 0.5) is 0 Å². The lowest BCUT2D eigenvalue weighted by atomic mass is 10.1. The minimum absolute atomic E-state index is 0.0438. The fourth-order valence-electron chi connectivity index (χ4n) is 3.42. The summed E-state index contributed by atoms with van der Waals surface area (Å²) in [5.74, 6) is 0.720. The molecule has 0 atom stereocenters. The number of carbonyl (C=O) groups excluding carboxylic acids is 1. The van der Waals surface area contributed by atoms with E-state index in [1.807, 2.05) is 47.3 Å². The highest BCUT2D eigenvalue weighted by Crippen LogP contribution is 2.26. The van der Waals surface area contributed by atoms with Crippen LogP contribution in [0.15, 0.2) is 60.9 Å². The second kappa shape index (κ2) is 7.66. The number of carbonyl (C=O) groups is 1. The number of aromatic nitrogens is 2. The van der Waals surface area contributed by atoms with E-state index >= 15 is 0 Å². The average molecular weight is 361 g/mol. The van der Waals surface area contributed by atoms with Crippen LogP contribution in [-0.4, -0.2) is 34.2 Å². The SMILES string of the molecule is CN(Cc1cnn(-c2ccccc2)c1)C(=O)COc1ccc2c(c1)CCC2. The molecule has 4 rings (SSSR count). The smallest absolute Gasteiger partial charge is 0.260 e. The highest BCUT2D eigenvalue weighted by atomic mass is 16.5. The first-order valence-electron chi connectivity index (χ1n) is 9.26. The molecule has 5 nitrogen and oxygen atoms in total. The third-order valence-electron chi connectivity index (χ3n) is 4.93. The summed E-state index contributed by atoms with van der Waals surface area (Å²) in [6, 6.07) is 16.1. The Morgan fingerprint density at radius 3 is 2.81 bits per heavy atom. The van der Waals surface area contributed by atoms with E-state index in [2.05, 4.69) is 17.2 Å². The van der Waals surface area contributed by atoms with Gasteiger partial charge >= 0.3 is 0 Å². The number of likely N-dealkylation sites (N-methyl/N-ethyl adjacent to an activating group) is 1. The lowest BCUT2D eigenvalue weighted by Gasteiger charge is -2.17. The van der Waals surface area contributed by atoms with Crippen molar-refractivity contribution < 1.29 is 9.53 Å². The zero-order valence-electron chi connectivity index (χ0n) is 15.5. The van der Waals surface area contributed by atoms with Crippen molar-refractivity contribution in [1.29, 1.82) is 0 Å². The van der Waals surface area contributed by atoms with Crippen molar-refractivity contribution in [2.24, 2.45) is 0 Å². The van der Waals surface area contributed by atoms with Crippen LogP contribution in [0.3, 0.4) is 0 Å². The highest BCUT2D eigenvalue weighted by Gasteiger charge is 2.14. The van der Waals surface area contributed by atoms with E-state index in [0.717, 1.165) is 29.8 Å². The predicted molar refractivity (Wildman–Crippen MR) is 104 cm³/mol. The molecule has 138 valence electrons. The molecule has 0 N–H and O–H groups in total. The van der Waals surface area contributed by atoms with Crippen molar-refractivity contribution in [1.82, 2.24) is 14.7 Å². The minimum atomic E-state index is -0.0528. The molecule has 0 aliphatic heterocycles. The number of nitrogens with zero attached hydrogens (tertiary/aromatic N) is 3. The van der Waals surface area contributed by atoms with Crippen LogP contribution in [-0.2, 0) is 24.2 Å². The minimum Gasteiger partial charge on any atom is -0.484 e. The van der Waals surface area contributed by atoms with Gasteiger partial charge in [0, 0.05) is 25.4 Å². The van der Waals surface area contributed by atoms with Gasteiger partial charge < -0.3 is 9.64 Å². The van der Waals surface area contributed by atoms with Crippen molar-refractivity contribution in [2.75, 3.05) is 13.7 Å². The summed E-state index contributed by atoms with van der Waals surface area (Å²) < 4.78 is 7.53. The molecule has 0 saturated heterocycles. The van der Waals surface area contributed by atoms with Crippen LogP contribution in [0, 0.1) is 0 Å². The maximum absolute atomic E-state index is 12.4. The Bertz CT molecular complexity index is 934. The summed E-state index contributed by atoms with van der Waals surface area (Å²) in [7, 11) is 1.79. The monoisotopic (exact) mass is 361 g/mol. The second-order valence-electron chi connectivity index (χ2n) is 6.95. The lowest BCUT2D eigenvalue weighted by Crippen LogP contribution is -2.30. The molecule has 0 fully saturated rings. The van der Waals surface area contributed by atoms with Gasteiger partial charge in [-0.1, -0.05) is 24.3 Å². The fourth-order valence-corrected chi connectivity index (χ4v) is 3.42. The largest absolute Gasteiger partial charge is 0.484 e. The van der Waals surface area contributed by atoms with Gasteiger partial charge in [-0.15, -0.1) is 0 Å². The molecule has 0 radical (unpaired) electrons. The molecule has 1 aromatic heterocycles. The Morgan fingerprint density at radius 1 is 1.15 bits per heavy atom. The number of hydrogen-bond acceptors (Lipinski definition) is 3. The summed E-state index contributed by atoms with van der Waals surface area (Å²) in [5, 5.41) is 4.37. The summed E-state index contributed by atoms with van der Waals surface area (Å²) in [4.78, 5) is 14.1. The molecule has 27 heavy (non-hydrogen) atoms. The van der Waals surface area contributed by atoms with Crippen LogP contribution >= 0.6 is 0 Å². The van der Waals surface area contributed by atoms with Crippen molar-refractivity contribution in [3.63, 3.8) is 0 Å². The number of amides is 1. The first kappa shape index (κ1) is 17.3. The van der Waals surface area contributed by atoms with E-state index < -0.39 is 0 Å². The van der Waals surface area contributed by atoms with E-state index in [9.17, 15) is 4.79 Å². The molecular weight excluding hydrogens is 338 g/mol. The Labute approximate surface area is 159 Å². The van der Waals surface area contributed by atoms with Crippen LogP contribution < -0.4 is 4.74 Å². The van der Waals surface area contributed by atoms with Crippen LogP contribution in [0.2, 0.25) is 0 Å². The van der Waals surface area contributed by atoms with Gasteiger partial charge in [0.05, 0.1) is 11.9 Å². The van der Waals surface area contributed by atoms with Gasteiger partial charge in [-0.3, -0.25) is 4.79 Å². The zero-order chi connectivity index (χ0) is 18.6. The fraction of sp³-hybridized carbons (Fsp3) is 0.273. The molecule has 2 aromatic carbocycles. The van der Waals surface area contributed by atoms with Crippen molar-refractivity contribution in [2.45, 2.75) is 25.8 Å². The average Bonchev–Trinajstić information content (AvgIpc) is 3.35. The number of ether oxygens (including phenoxy) is 1. The molecule has 0 bridgehead atoms. The molecule has 0 spiro atoms. The van der Waals surface area contributed by atoms with E-state index in [0.29, 0.717) is 6.54 Å². The maximum Gasteiger partial charge on any atom is 0.260 e. The molecule has 1 amide bonds. The zero-order valence-corrected chi connectivity index (χ0v) is 15.5. The van der Waals surface area contributed by atoms with Gasteiger partial charge in [-0.25, -0.2) is 4.68 Å². The highest BCUT2D eigenvalue weighted by molar-refractivity contribution is 5.77. The van der Waals surface area contributed by atoms with Crippen LogP contribution in [0.5, 0.6) is 5.75 Å². The number of benzene rings is 2. The Hall–Kier alpha value is -3.08. The third kappa shape index (κ3) is 4.03. The molecule has 3 aromatic rings. The summed E-state index contributed by atoms with van der Waals surface area (Å²) in [6.07, 6.45) is 7.19. The number of aryl methyl sites for hydroxylation is 2.